The first-order chi connectivity index (χ1) is 11.8. The monoisotopic (exact) mass is 312 g/mol. The molecule has 116 valence electrons. The molecule has 2 aromatic heterocycles. The number of pyridine rings is 1. The molecule has 0 saturated carbocycles. The molecule has 24 heavy (non-hydrogen) atoms. The molecule has 0 N–H and O–H groups in total. The van der Waals surface area contributed by atoms with Crippen molar-refractivity contribution in [2.45, 2.75) is 6.92 Å². The quantitative estimate of drug-likeness (QED) is 0.566. The summed E-state index contributed by atoms with van der Waals surface area (Å²) >= 11 is 0. The number of aryl methyl sites for hydroxylation is 1. The SMILES string of the molecule is Cc1ccccc1-c1nn(-c2cccnc2)nc1-c1ccccc1. The predicted octanol–water partition coefficient (Wildman–Crippen LogP) is 4.30. The zero-order valence-electron chi connectivity index (χ0n) is 13.3. The maximum Gasteiger partial charge on any atom is 0.121 e. The number of hydrogen-bond acceptors (Lipinski definition) is 3. The normalized spacial score (nSPS) is 10.7. The van der Waals surface area contributed by atoms with Crippen LogP contribution in [0.4, 0.5) is 0 Å². The van der Waals surface area contributed by atoms with Crippen molar-refractivity contribution in [2.24, 2.45) is 0 Å². The Morgan fingerprint density at radius 3 is 2.25 bits per heavy atom. The van der Waals surface area contributed by atoms with Crippen LogP contribution in [-0.4, -0.2) is 20.0 Å². The molecule has 0 aliphatic heterocycles. The van der Waals surface area contributed by atoms with E-state index in [4.69, 9.17) is 10.2 Å². The largest absolute Gasteiger partial charge is 0.262 e. The lowest BCUT2D eigenvalue weighted by molar-refractivity contribution is 0.752. The molecule has 4 nitrogen and oxygen atoms in total. The van der Waals surface area contributed by atoms with E-state index in [9.17, 15) is 0 Å². The summed E-state index contributed by atoms with van der Waals surface area (Å²) < 4.78 is 0. The molecular formula is C20H16N4. The van der Waals surface area contributed by atoms with Crippen molar-refractivity contribution in [3.05, 3.63) is 84.7 Å². The van der Waals surface area contributed by atoms with Crippen LogP contribution in [0.1, 0.15) is 5.56 Å². The fraction of sp³-hybridized carbons (Fsp3) is 0.0500. The van der Waals surface area contributed by atoms with Crippen molar-refractivity contribution in [2.75, 3.05) is 0 Å². The molecule has 0 fully saturated rings. The van der Waals surface area contributed by atoms with Crippen LogP contribution in [-0.2, 0) is 0 Å². The molecule has 2 heterocycles. The highest BCUT2D eigenvalue weighted by atomic mass is 15.5. The van der Waals surface area contributed by atoms with Crippen molar-refractivity contribution in [3.8, 4) is 28.2 Å². The van der Waals surface area contributed by atoms with Gasteiger partial charge >= 0.3 is 0 Å². The number of aromatic nitrogens is 4. The summed E-state index contributed by atoms with van der Waals surface area (Å²) in [4.78, 5) is 5.81. The van der Waals surface area contributed by atoms with Gasteiger partial charge in [0.1, 0.15) is 17.1 Å². The van der Waals surface area contributed by atoms with Crippen LogP contribution in [0.25, 0.3) is 28.2 Å². The average molecular weight is 312 g/mol. The molecular weight excluding hydrogens is 296 g/mol. The summed E-state index contributed by atoms with van der Waals surface area (Å²) in [6, 6.07) is 22.2. The van der Waals surface area contributed by atoms with Gasteiger partial charge in [-0.1, -0.05) is 54.6 Å². The summed E-state index contributed by atoms with van der Waals surface area (Å²) in [5, 5.41) is 9.49. The molecule has 4 aromatic rings. The van der Waals surface area contributed by atoms with Crippen molar-refractivity contribution < 1.29 is 0 Å². The molecule has 0 aliphatic carbocycles. The summed E-state index contributed by atoms with van der Waals surface area (Å²) in [6.07, 6.45) is 3.50. The van der Waals surface area contributed by atoms with E-state index < -0.39 is 0 Å². The van der Waals surface area contributed by atoms with Crippen molar-refractivity contribution >= 4 is 0 Å². The molecule has 2 aromatic carbocycles. The van der Waals surface area contributed by atoms with E-state index in [1.807, 2.05) is 42.5 Å². The third kappa shape index (κ3) is 2.58. The Kier molecular flexibility index (Phi) is 3.63. The average Bonchev–Trinajstić information content (AvgIpc) is 3.09. The summed E-state index contributed by atoms with van der Waals surface area (Å²) in [6.45, 7) is 2.09. The van der Waals surface area contributed by atoms with Gasteiger partial charge in [0, 0.05) is 17.3 Å². The van der Waals surface area contributed by atoms with Gasteiger partial charge in [0.2, 0.25) is 0 Å². The van der Waals surface area contributed by atoms with Crippen molar-refractivity contribution in [1.82, 2.24) is 20.0 Å². The van der Waals surface area contributed by atoms with Crippen LogP contribution in [0.15, 0.2) is 79.1 Å². The summed E-state index contributed by atoms with van der Waals surface area (Å²) in [7, 11) is 0. The molecule has 0 aliphatic rings. The minimum absolute atomic E-state index is 0.842. The summed E-state index contributed by atoms with van der Waals surface area (Å²) in [5.74, 6) is 0. The third-order valence-corrected chi connectivity index (χ3v) is 3.94. The van der Waals surface area contributed by atoms with Crippen LogP contribution in [0, 0.1) is 6.92 Å². The van der Waals surface area contributed by atoms with E-state index in [1.54, 1.807) is 17.2 Å². The maximum atomic E-state index is 4.75. The zero-order valence-corrected chi connectivity index (χ0v) is 13.3. The van der Waals surface area contributed by atoms with Crippen LogP contribution >= 0.6 is 0 Å². The van der Waals surface area contributed by atoms with Crippen LogP contribution < -0.4 is 0 Å². The third-order valence-electron chi connectivity index (χ3n) is 3.94. The first-order valence-corrected chi connectivity index (χ1v) is 7.82. The van der Waals surface area contributed by atoms with Gasteiger partial charge in [-0.15, -0.1) is 15.0 Å². The van der Waals surface area contributed by atoms with Crippen LogP contribution in [0.2, 0.25) is 0 Å². The smallest absolute Gasteiger partial charge is 0.121 e. The van der Waals surface area contributed by atoms with Gasteiger partial charge in [-0.05, 0) is 24.6 Å². The molecule has 0 saturated heterocycles. The Hall–Kier alpha value is -3.27. The first-order valence-electron chi connectivity index (χ1n) is 7.82. The zero-order chi connectivity index (χ0) is 16.4. The predicted molar refractivity (Wildman–Crippen MR) is 94.8 cm³/mol. The lowest BCUT2D eigenvalue weighted by Gasteiger charge is -2.04. The Balaban J connectivity index is 1.94. The van der Waals surface area contributed by atoms with E-state index in [1.165, 1.54) is 5.56 Å². The lowest BCUT2D eigenvalue weighted by Crippen LogP contribution is -1.99. The number of rotatable bonds is 3. The lowest BCUT2D eigenvalue weighted by atomic mass is 10.0. The topological polar surface area (TPSA) is 43.6 Å². The van der Waals surface area contributed by atoms with E-state index in [-0.39, 0.29) is 0 Å². The van der Waals surface area contributed by atoms with Gasteiger partial charge in [-0.3, -0.25) is 4.98 Å². The minimum atomic E-state index is 0.842. The van der Waals surface area contributed by atoms with E-state index in [0.717, 1.165) is 28.2 Å². The molecule has 0 spiro atoms. The minimum Gasteiger partial charge on any atom is -0.262 e. The van der Waals surface area contributed by atoms with Gasteiger partial charge < -0.3 is 0 Å². The highest BCUT2D eigenvalue weighted by Crippen LogP contribution is 2.31. The van der Waals surface area contributed by atoms with Crippen LogP contribution in [0.3, 0.4) is 0 Å². The second kappa shape index (κ2) is 6.08. The molecule has 0 amide bonds. The van der Waals surface area contributed by atoms with Crippen LogP contribution in [0.5, 0.6) is 0 Å². The highest BCUT2D eigenvalue weighted by molar-refractivity contribution is 5.79. The fourth-order valence-electron chi connectivity index (χ4n) is 2.70. The fourth-order valence-corrected chi connectivity index (χ4v) is 2.70. The maximum absolute atomic E-state index is 4.75. The first kappa shape index (κ1) is 14.3. The second-order valence-corrected chi connectivity index (χ2v) is 5.58. The van der Waals surface area contributed by atoms with E-state index >= 15 is 0 Å². The molecule has 0 unspecified atom stereocenters. The van der Waals surface area contributed by atoms with Gasteiger partial charge in [-0.25, -0.2) is 0 Å². The Morgan fingerprint density at radius 1 is 0.750 bits per heavy atom. The Morgan fingerprint density at radius 2 is 1.50 bits per heavy atom. The molecule has 0 bridgehead atoms. The van der Waals surface area contributed by atoms with Crippen molar-refractivity contribution in [1.29, 1.82) is 0 Å². The van der Waals surface area contributed by atoms with Gasteiger partial charge in [0.05, 0.1) is 6.20 Å². The molecule has 4 heteroatoms. The van der Waals surface area contributed by atoms with Gasteiger partial charge in [0.25, 0.3) is 0 Å². The van der Waals surface area contributed by atoms with Gasteiger partial charge in [0.15, 0.2) is 0 Å². The van der Waals surface area contributed by atoms with E-state index in [2.05, 4.69) is 36.2 Å². The highest BCUT2D eigenvalue weighted by Gasteiger charge is 2.17. The molecule has 0 atom stereocenters. The van der Waals surface area contributed by atoms with Gasteiger partial charge in [-0.2, -0.15) is 0 Å². The number of hydrogen-bond donors (Lipinski definition) is 0. The number of benzene rings is 2. The number of nitrogens with zero attached hydrogens (tertiary/aromatic N) is 4. The Labute approximate surface area is 140 Å². The van der Waals surface area contributed by atoms with E-state index in [0.29, 0.717) is 0 Å². The summed E-state index contributed by atoms with van der Waals surface area (Å²) in [5.41, 5.74) is 5.90. The van der Waals surface area contributed by atoms with Crippen molar-refractivity contribution in [3.63, 3.8) is 0 Å². The standard InChI is InChI=1S/C20H16N4/c1-15-8-5-6-12-18(15)20-19(16-9-3-2-4-10-16)22-24(23-20)17-11-7-13-21-14-17/h2-14H,1H3. The second-order valence-electron chi connectivity index (χ2n) is 5.58. The molecule has 0 radical (unpaired) electrons. The molecule has 4 rings (SSSR count). The Bertz CT molecular complexity index is 959.